The van der Waals surface area contributed by atoms with Crippen molar-refractivity contribution in [3.05, 3.63) is 29.0 Å². The van der Waals surface area contributed by atoms with Gasteiger partial charge in [-0.15, -0.1) is 0 Å². The number of rotatable bonds is 4. The Labute approximate surface area is 110 Å². The van der Waals surface area contributed by atoms with Crippen LogP contribution >= 0.6 is 11.6 Å². The SMILES string of the molecule is C[C@@H](C[C@H]1COC(N)=N1)Oc1ccc(Cl)cc1F. The van der Waals surface area contributed by atoms with Crippen LogP contribution in [0.2, 0.25) is 5.02 Å². The second kappa shape index (κ2) is 5.44. The van der Waals surface area contributed by atoms with Crippen molar-refractivity contribution in [1.29, 1.82) is 0 Å². The summed E-state index contributed by atoms with van der Waals surface area (Å²) in [4.78, 5) is 4.08. The minimum absolute atomic E-state index is 0.0321. The summed E-state index contributed by atoms with van der Waals surface area (Å²) in [5.41, 5.74) is 5.41. The first-order valence-electron chi connectivity index (χ1n) is 5.62. The maximum Gasteiger partial charge on any atom is 0.282 e. The lowest BCUT2D eigenvalue weighted by molar-refractivity contribution is 0.182. The van der Waals surface area contributed by atoms with Crippen LogP contribution in [0.3, 0.4) is 0 Å². The van der Waals surface area contributed by atoms with E-state index >= 15 is 0 Å². The minimum atomic E-state index is -0.472. The van der Waals surface area contributed by atoms with Crippen molar-refractivity contribution in [2.75, 3.05) is 6.61 Å². The van der Waals surface area contributed by atoms with Gasteiger partial charge in [-0.3, -0.25) is 0 Å². The highest BCUT2D eigenvalue weighted by molar-refractivity contribution is 6.30. The van der Waals surface area contributed by atoms with Crippen LogP contribution in [0.4, 0.5) is 4.39 Å². The molecule has 0 aromatic heterocycles. The molecule has 0 saturated heterocycles. The van der Waals surface area contributed by atoms with E-state index in [1.54, 1.807) is 6.07 Å². The van der Waals surface area contributed by atoms with Gasteiger partial charge >= 0.3 is 0 Å². The van der Waals surface area contributed by atoms with Crippen molar-refractivity contribution < 1.29 is 13.9 Å². The summed E-state index contributed by atoms with van der Waals surface area (Å²) in [5, 5.41) is 0.342. The van der Waals surface area contributed by atoms with E-state index in [2.05, 4.69) is 4.99 Å². The predicted molar refractivity (Wildman–Crippen MR) is 67.5 cm³/mol. The van der Waals surface area contributed by atoms with Gasteiger partial charge in [0, 0.05) is 11.4 Å². The number of nitrogens with zero attached hydrogens (tertiary/aromatic N) is 1. The van der Waals surface area contributed by atoms with Crippen molar-refractivity contribution >= 4 is 17.6 Å². The number of benzene rings is 1. The molecule has 0 fully saturated rings. The van der Waals surface area contributed by atoms with Gasteiger partial charge in [-0.2, -0.15) is 0 Å². The third-order valence-electron chi connectivity index (χ3n) is 2.56. The zero-order valence-electron chi connectivity index (χ0n) is 9.90. The molecule has 1 aliphatic heterocycles. The zero-order valence-corrected chi connectivity index (χ0v) is 10.7. The molecule has 98 valence electrons. The maximum atomic E-state index is 13.5. The average Bonchev–Trinajstić information content (AvgIpc) is 2.68. The third-order valence-corrected chi connectivity index (χ3v) is 2.79. The molecule has 4 nitrogen and oxygen atoms in total. The van der Waals surface area contributed by atoms with Crippen molar-refractivity contribution in [1.82, 2.24) is 0 Å². The van der Waals surface area contributed by atoms with Crippen molar-refractivity contribution in [2.24, 2.45) is 10.7 Å². The Balaban J connectivity index is 1.92. The van der Waals surface area contributed by atoms with Crippen molar-refractivity contribution in [2.45, 2.75) is 25.5 Å². The number of halogens is 2. The van der Waals surface area contributed by atoms with Gasteiger partial charge in [0.25, 0.3) is 6.02 Å². The number of hydrogen-bond donors (Lipinski definition) is 1. The molecule has 0 bridgehead atoms. The van der Waals surface area contributed by atoms with Gasteiger partial charge in [0.15, 0.2) is 11.6 Å². The standard InChI is InChI=1S/C12H14ClFN2O2/c1-7(4-9-6-17-12(15)16-9)18-11-3-2-8(13)5-10(11)14/h2-3,5,7,9H,4,6H2,1H3,(H2,15,16)/t7-,9-/m0/s1. The molecule has 2 rings (SSSR count). The molecule has 0 aliphatic carbocycles. The third kappa shape index (κ3) is 3.26. The van der Waals surface area contributed by atoms with E-state index in [1.807, 2.05) is 6.92 Å². The van der Waals surface area contributed by atoms with Gasteiger partial charge < -0.3 is 15.2 Å². The highest BCUT2D eigenvalue weighted by atomic mass is 35.5. The zero-order chi connectivity index (χ0) is 13.1. The number of hydrogen-bond acceptors (Lipinski definition) is 4. The molecule has 1 aromatic rings. The summed E-state index contributed by atoms with van der Waals surface area (Å²) < 4.78 is 24.0. The highest BCUT2D eigenvalue weighted by Gasteiger charge is 2.20. The van der Waals surface area contributed by atoms with Gasteiger partial charge in [-0.25, -0.2) is 9.38 Å². The van der Waals surface area contributed by atoms with Crippen LogP contribution in [0, 0.1) is 5.82 Å². The Bertz CT molecular complexity index is 467. The second-order valence-electron chi connectivity index (χ2n) is 4.17. The van der Waals surface area contributed by atoms with E-state index in [1.165, 1.54) is 12.1 Å². The first-order chi connectivity index (χ1) is 8.54. The van der Waals surface area contributed by atoms with Crippen LogP contribution in [0.15, 0.2) is 23.2 Å². The summed E-state index contributed by atoms with van der Waals surface area (Å²) >= 11 is 5.66. The Hall–Kier alpha value is -1.49. The molecule has 1 aliphatic rings. The molecule has 0 unspecified atom stereocenters. The van der Waals surface area contributed by atoms with E-state index in [4.69, 9.17) is 26.8 Å². The van der Waals surface area contributed by atoms with E-state index in [-0.39, 0.29) is 23.9 Å². The van der Waals surface area contributed by atoms with Crippen LogP contribution in [0.1, 0.15) is 13.3 Å². The molecule has 0 amide bonds. The molecule has 2 atom stereocenters. The minimum Gasteiger partial charge on any atom is -0.488 e. The second-order valence-corrected chi connectivity index (χ2v) is 4.61. The largest absolute Gasteiger partial charge is 0.488 e. The molecular formula is C12H14ClFN2O2. The fraction of sp³-hybridized carbons (Fsp3) is 0.417. The van der Waals surface area contributed by atoms with Crippen LogP contribution in [-0.2, 0) is 4.74 Å². The van der Waals surface area contributed by atoms with Gasteiger partial charge in [0.05, 0.1) is 12.1 Å². The van der Waals surface area contributed by atoms with Crippen LogP contribution in [0.5, 0.6) is 5.75 Å². The molecule has 0 saturated carbocycles. The summed E-state index contributed by atoms with van der Waals surface area (Å²) in [5.74, 6) is -0.289. The van der Waals surface area contributed by atoms with Gasteiger partial charge in [-0.1, -0.05) is 11.6 Å². The highest BCUT2D eigenvalue weighted by Crippen LogP contribution is 2.23. The maximum absolute atomic E-state index is 13.5. The Morgan fingerprint density at radius 3 is 3.06 bits per heavy atom. The van der Waals surface area contributed by atoms with E-state index in [9.17, 15) is 4.39 Å². The number of aliphatic imine (C=N–C) groups is 1. The summed E-state index contributed by atoms with van der Waals surface area (Å²) in [7, 11) is 0. The quantitative estimate of drug-likeness (QED) is 0.915. The predicted octanol–water partition coefficient (Wildman–Crippen LogP) is 2.35. The van der Waals surface area contributed by atoms with Gasteiger partial charge in [0.2, 0.25) is 0 Å². The lowest BCUT2D eigenvalue weighted by atomic mass is 10.1. The van der Waals surface area contributed by atoms with E-state index in [0.29, 0.717) is 18.1 Å². The average molecular weight is 273 g/mol. The normalized spacial score (nSPS) is 20.2. The Kier molecular flexibility index (Phi) is 3.91. The molecule has 0 radical (unpaired) electrons. The fourth-order valence-electron chi connectivity index (χ4n) is 1.78. The number of amidine groups is 1. The first kappa shape index (κ1) is 13.0. The summed E-state index contributed by atoms with van der Waals surface area (Å²) in [6.45, 7) is 2.29. The summed E-state index contributed by atoms with van der Waals surface area (Å²) in [6, 6.07) is 4.48. The lowest BCUT2D eigenvalue weighted by Crippen LogP contribution is -2.20. The topological polar surface area (TPSA) is 56.8 Å². The van der Waals surface area contributed by atoms with Crippen LogP contribution < -0.4 is 10.5 Å². The Morgan fingerprint density at radius 1 is 1.67 bits per heavy atom. The monoisotopic (exact) mass is 272 g/mol. The molecule has 0 spiro atoms. The smallest absolute Gasteiger partial charge is 0.282 e. The van der Waals surface area contributed by atoms with Gasteiger partial charge in [-0.05, 0) is 25.1 Å². The molecule has 6 heteroatoms. The van der Waals surface area contributed by atoms with Gasteiger partial charge in [0.1, 0.15) is 6.61 Å². The van der Waals surface area contributed by atoms with E-state index in [0.717, 1.165) is 0 Å². The molecule has 1 heterocycles. The number of nitrogens with two attached hydrogens (primary N) is 1. The molecule has 2 N–H and O–H groups in total. The summed E-state index contributed by atoms with van der Waals surface area (Å²) in [6.07, 6.45) is 0.423. The molecular weight excluding hydrogens is 259 g/mol. The van der Waals surface area contributed by atoms with Crippen molar-refractivity contribution in [3.8, 4) is 5.75 Å². The first-order valence-corrected chi connectivity index (χ1v) is 6.00. The Morgan fingerprint density at radius 2 is 2.44 bits per heavy atom. The number of ether oxygens (including phenoxy) is 2. The van der Waals surface area contributed by atoms with E-state index < -0.39 is 5.82 Å². The van der Waals surface area contributed by atoms with Crippen LogP contribution in [0.25, 0.3) is 0 Å². The van der Waals surface area contributed by atoms with Crippen molar-refractivity contribution in [3.63, 3.8) is 0 Å². The molecule has 1 aromatic carbocycles. The lowest BCUT2D eigenvalue weighted by Gasteiger charge is -2.16. The van der Waals surface area contributed by atoms with Crippen LogP contribution in [-0.4, -0.2) is 24.8 Å². The fourth-order valence-corrected chi connectivity index (χ4v) is 1.93. The molecule has 18 heavy (non-hydrogen) atoms.